The minimum atomic E-state index is 0.288. The van der Waals surface area contributed by atoms with Gasteiger partial charge >= 0.3 is 0 Å². The van der Waals surface area contributed by atoms with Crippen LogP contribution in [0.1, 0.15) is 11.3 Å². The van der Waals surface area contributed by atoms with Gasteiger partial charge in [-0.25, -0.2) is 4.79 Å². The molecule has 0 aromatic carbocycles. The summed E-state index contributed by atoms with van der Waals surface area (Å²) in [5.41, 5.74) is 0.809. The summed E-state index contributed by atoms with van der Waals surface area (Å²) < 4.78 is 10.1. The number of nitrogens with zero attached hydrogens (tertiary/aromatic N) is 1. The number of furan rings is 2. The van der Waals surface area contributed by atoms with Gasteiger partial charge in [-0.05, 0) is 18.2 Å². The highest BCUT2D eigenvalue weighted by atomic mass is 16.3. The summed E-state index contributed by atoms with van der Waals surface area (Å²) >= 11 is 0. The molecule has 2 rings (SSSR count). The van der Waals surface area contributed by atoms with Crippen LogP contribution in [0.15, 0.2) is 44.6 Å². The highest BCUT2D eigenvalue weighted by Crippen LogP contribution is 2.22. The van der Waals surface area contributed by atoms with E-state index in [4.69, 9.17) is 8.83 Å². The normalized spacial score (nSPS) is 9.71. The lowest BCUT2D eigenvalue weighted by Crippen LogP contribution is -1.81. The summed E-state index contributed by atoms with van der Waals surface area (Å²) in [5, 5.41) is 0. The molecular weight excluding hydrogens is 182 g/mol. The maximum atomic E-state index is 10.1. The van der Waals surface area contributed by atoms with Crippen molar-refractivity contribution >= 4 is 12.0 Å². The average molecular weight is 189 g/mol. The molecule has 70 valence electrons. The van der Waals surface area contributed by atoms with Crippen molar-refractivity contribution in [2.45, 2.75) is 6.42 Å². The zero-order valence-corrected chi connectivity index (χ0v) is 7.27. The van der Waals surface area contributed by atoms with E-state index in [1.54, 1.807) is 18.4 Å². The highest BCUT2D eigenvalue weighted by Gasteiger charge is 2.07. The van der Waals surface area contributed by atoms with E-state index in [9.17, 15) is 4.79 Å². The van der Waals surface area contributed by atoms with E-state index in [0.29, 0.717) is 6.42 Å². The maximum absolute atomic E-state index is 10.1. The molecule has 4 heteroatoms. The Labute approximate surface area is 79.9 Å². The van der Waals surface area contributed by atoms with Gasteiger partial charge in [0.1, 0.15) is 5.76 Å². The predicted octanol–water partition coefficient (Wildman–Crippen LogP) is 2.43. The van der Waals surface area contributed by atoms with Gasteiger partial charge in [-0.1, -0.05) is 0 Å². The molecule has 0 aliphatic rings. The van der Waals surface area contributed by atoms with E-state index in [1.165, 1.54) is 12.3 Å². The minimum Gasteiger partial charge on any atom is -0.469 e. The second-order valence-electron chi connectivity index (χ2n) is 2.71. The molecule has 0 bridgehead atoms. The molecule has 0 amide bonds. The first-order valence-corrected chi connectivity index (χ1v) is 4.07. The Morgan fingerprint density at radius 3 is 2.93 bits per heavy atom. The van der Waals surface area contributed by atoms with Crippen LogP contribution < -0.4 is 0 Å². The molecule has 0 saturated carbocycles. The molecule has 0 aliphatic heterocycles. The number of hydrogen-bond donors (Lipinski definition) is 0. The number of rotatable bonds is 3. The highest BCUT2D eigenvalue weighted by molar-refractivity contribution is 5.47. The maximum Gasteiger partial charge on any atom is 0.243 e. The lowest BCUT2D eigenvalue weighted by atomic mass is 10.2. The predicted molar refractivity (Wildman–Crippen MR) is 48.0 cm³/mol. The molecule has 0 aliphatic carbocycles. The van der Waals surface area contributed by atoms with Crippen molar-refractivity contribution in [2.24, 2.45) is 4.99 Å². The molecule has 0 spiro atoms. The SMILES string of the molecule is O=C=Nc1occc1Cc1ccco1. The molecule has 2 heterocycles. The standard InChI is InChI=1S/C10H7NO3/c12-7-11-10-8(3-5-14-10)6-9-2-1-4-13-9/h1-5H,6H2. The Balaban J connectivity index is 2.24. The third-order valence-corrected chi connectivity index (χ3v) is 1.82. The molecule has 2 aromatic heterocycles. The van der Waals surface area contributed by atoms with Crippen molar-refractivity contribution in [1.29, 1.82) is 0 Å². The smallest absolute Gasteiger partial charge is 0.243 e. The summed E-state index contributed by atoms with van der Waals surface area (Å²) in [6.07, 6.45) is 5.08. The average Bonchev–Trinajstić information content (AvgIpc) is 2.80. The number of carbonyl (C=O) groups excluding carboxylic acids is 1. The topological polar surface area (TPSA) is 55.7 Å². The molecule has 0 fully saturated rings. The van der Waals surface area contributed by atoms with Gasteiger partial charge in [0.25, 0.3) is 0 Å². The van der Waals surface area contributed by atoms with E-state index in [2.05, 4.69) is 4.99 Å². The van der Waals surface area contributed by atoms with Crippen molar-refractivity contribution in [3.8, 4) is 0 Å². The molecule has 0 atom stereocenters. The molecule has 14 heavy (non-hydrogen) atoms. The summed E-state index contributed by atoms with van der Waals surface area (Å²) in [6, 6.07) is 5.40. The molecule has 4 nitrogen and oxygen atoms in total. The van der Waals surface area contributed by atoms with Crippen LogP contribution >= 0.6 is 0 Å². The lowest BCUT2D eigenvalue weighted by molar-refractivity contribution is 0.518. The monoisotopic (exact) mass is 189 g/mol. The van der Waals surface area contributed by atoms with Gasteiger partial charge in [0, 0.05) is 12.0 Å². The second kappa shape index (κ2) is 3.77. The van der Waals surface area contributed by atoms with Gasteiger partial charge in [-0.15, -0.1) is 4.99 Å². The molecule has 0 saturated heterocycles. The molecule has 2 aromatic rings. The van der Waals surface area contributed by atoms with Crippen molar-refractivity contribution in [3.05, 3.63) is 42.0 Å². The van der Waals surface area contributed by atoms with Gasteiger partial charge in [0.15, 0.2) is 0 Å². The molecule has 0 N–H and O–H groups in total. The molecular formula is C10H7NO3. The fourth-order valence-corrected chi connectivity index (χ4v) is 1.20. The van der Waals surface area contributed by atoms with Gasteiger partial charge < -0.3 is 8.83 Å². The largest absolute Gasteiger partial charge is 0.469 e. The Bertz CT molecular complexity index is 449. The van der Waals surface area contributed by atoms with E-state index in [-0.39, 0.29) is 5.88 Å². The van der Waals surface area contributed by atoms with E-state index < -0.39 is 0 Å². The van der Waals surface area contributed by atoms with E-state index in [1.807, 2.05) is 6.07 Å². The van der Waals surface area contributed by atoms with Crippen molar-refractivity contribution < 1.29 is 13.6 Å². The zero-order valence-electron chi connectivity index (χ0n) is 7.27. The van der Waals surface area contributed by atoms with Crippen molar-refractivity contribution in [1.82, 2.24) is 0 Å². The zero-order chi connectivity index (χ0) is 9.80. The van der Waals surface area contributed by atoms with Gasteiger partial charge in [0.05, 0.1) is 12.5 Å². The Morgan fingerprint density at radius 1 is 1.29 bits per heavy atom. The number of hydrogen-bond acceptors (Lipinski definition) is 4. The Hall–Kier alpha value is -2.06. The summed E-state index contributed by atoms with van der Waals surface area (Å²) in [4.78, 5) is 13.5. The summed E-state index contributed by atoms with van der Waals surface area (Å²) in [6.45, 7) is 0. The Morgan fingerprint density at radius 2 is 2.21 bits per heavy atom. The van der Waals surface area contributed by atoms with Crippen LogP contribution in [-0.4, -0.2) is 6.08 Å². The first kappa shape index (κ1) is 8.53. The van der Waals surface area contributed by atoms with Crippen LogP contribution in [0.4, 0.5) is 5.88 Å². The van der Waals surface area contributed by atoms with Crippen molar-refractivity contribution in [3.63, 3.8) is 0 Å². The summed E-state index contributed by atoms with van der Waals surface area (Å²) in [5.74, 6) is 1.09. The van der Waals surface area contributed by atoms with Crippen LogP contribution in [0.5, 0.6) is 0 Å². The summed E-state index contributed by atoms with van der Waals surface area (Å²) in [7, 11) is 0. The van der Waals surface area contributed by atoms with Crippen LogP contribution in [-0.2, 0) is 11.2 Å². The first-order valence-electron chi connectivity index (χ1n) is 4.07. The fourth-order valence-electron chi connectivity index (χ4n) is 1.20. The second-order valence-corrected chi connectivity index (χ2v) is 2.71. The molecule has 0 radical (unpaired) electrons. The first-order chi connectivity index (χ1) is 6.90. The third kappa shape index (κ3) is 1.65. The quantitative estimate of drug-likeness (QED) is 0.550. The Kier molecular flexibility index (Phi) is 2.30. The van der Waals surface area contributed by atoms with E-state index >= 15 is 0 Å². The van der Waals surface area contributed by atoms with Crippen LogP contribution in [0.2, 0.25) is 0 Å². The van der Waals surface area contributed by atoms with Crippen LogP contribution in [0.3, 0.4) is 0 Å². The van der Waals surface area contributed by atoms with E-state index in [0.717, 1.165) is 11.3 Å². The number of isocyanates is 1. The lowest BCUT2D eigenvalue weighted by Gasteiger charge is -1.92. The minimum absolute atomic E-state index is 0.288. The van der Waals surface area contributed by atoms with Gasteiger partial charge in [-0.3, -0.25) is 0 Å². The third-order valence-electron chi connectivity index (χ3n) is 1.82. The van der Waals surface area contributed by atoms with Crippen LogP contribution in [0.25, 0.3) is 0 Å². The van der Waals surface area contributed by atoms with Gasteiger partial charge in [-0.2, -0.15) is 0 Å². The van der Waals surface area contributed by atoms with Gasteiger partial charge in [0.2, 0.25) is 12.0 Å². The van der Waals surface area contributed by atoms with Crippen molar-refractivity contribution in [2.75, 3.05) is 0 Å². The fraction of sp³-hybridized carbons (Fsp3) is 0.100. The number of aliphatic imine (C=N–C) groups is 1. The molecule has 0 unspecified atom stereocenters. The van der Waals surface area contributed by atoms with Crippen LogP contribution in [0, 0.1) is 0 Å².